The molecule has 0 bridgehead atoms. The van der Waals surface area contributed by atoms with E-state index in [2.05, 4.69) is 0 Å². The number of allylic oxidation sites excluding steroid dienone is 1. The minimum Gasteiger partial charge on any atom is -0.488 e. The van der Waals surface area contributed by atoms with Crippen LogP contribution in [0.3, 0.4) is 0 Å². The molecule has 0 N–H and O–H groups in total. The van der Waals surface area contributed by atoms with Gasteiger partial charge < -0.3 is 14.2 Å². The van der Waals surface area contributed by atoms with E-state index in [9.17, 15) is 9.59 Å². The summed E-state index contributed by atoms with van der Waals surface area (Å²) in [6, 6.07) is 20.2. The fourth-order valence-electron chi connectivity index (χ4n) is 3.24. The molecule has 0 atom stereocenters. The molecule has 1 aliphatic rings. The van der Waals surface area contributed by atoms with E-state index in [4.69, 9.17) is 14.2 Å². The van der Waals surface area contributed by atoms with Gasteiger partial charge in [0.1, 0.15) is 18.1 Å². The number of rotatable bonds is 5. The standard InChI is InChI=1S/C25H20O5/c1-16-21(29-15-18-6-4-3-5-7-18)13-12-20-23(26)22(30-24(16)20)14-17-8-10-19(11-9-17)25(27)28-2/h3-14H,15H2,1-2H3/b22-14-. The van der Waals surface area contributed by atoms with Crippen molar-refractivity contribution in [3.8, 4) is 11.5 Å². The van der Waals surface area contributed by atoms with E-state index >= 15 is 0 Å². The van der Waals surface area contributed by atoms with Crippen molar-refractivity contribution in [1.82, 2.24) is 0 Å². The Morgan fingerprint density at radius 1 is 1.00 bits per heavy atom. The summed E-state index contributed by atoms with van der Waals surface area (Å²) in [7, 11) is 1.33. The number of benzene rings is 3. The van der Waals surface area contributed by atoms with Crippen LogP contribution in [0.1, 0.15) is 37.4 Å². The number of methoxy groups -OCH3 is 1. The second-order valence-corrected chi connectivity index (χ2v) is 6.89. The third-order valence-corrected chi connectivity index (χ3v) is 4.90. The van der Waals surface area contributed by atoms with Crippen LogP contribution in [0.15, 0.2) is 72.5 Å². The summed E-state index contributed by atoms with van der Waals surface area (Å²) in [4.78, 5) is 24.3. The highest BCUT2D eigenvalue weighted by molar-refractivity contribution is 6.15. The zero-order chi connectivity index (χ0) is 21.1. The SMILES string of the molecule is COC(=O)c1ccc(/C=C2\Oc3c(ccc(OCc4ccccc4)c3C)C2=O)cc1. The lowest BCUT2D eigenvalue weighted by atomic mass is 10.1. The third kappa shape index (κ3) is 3.82. The number of Topliss-reactive ketones (excluding diaryl/α,β-unsaturated/α-hetero) is 1. The average molecular weight is 400 g/mol. The topological polar surface area (TPSA) is 61.8 Å². The normalized spacial score (nSPS) is 13.7. The first-order valence-electron chi connectivity index (χ1n) is 9.50. The molecule has 30 heavy (non-hydrogen) atoms. The van der Waals surface area contributed by atoms with Crippen molar-refractivity contribution in [1.29, 1.82) is 0 Å². The molecule has 0 saturated heterocycles. The van der Waals surface area contributed by atoms with Crippen LogP contribution in [0.5, 0.6) is 11.5 Å². The highest BCUT2D eigenvalue weighted by Crippen LogP contribution is 2.39. The van der Waals surface area contributed by atoms with E-state index < -0.39 is 5.97 Å². The summed E-state index contributed by atoms with van der Waals surface area (Å²) in [6.45, 7) is 2.31. The summed E-state index contributed by atoms with van der Waals surface area (Å²) >= 11 is 0. The Bertz CT molecular complexity index is 1130. The van der Waals surface area contributed by atoms with Gasteiger partial charge in [0.2, 0.25) is 5.78 Å². The van der Waals surface area contributed by atoms with Crippen LogP contribution in [0, 0.1) is 6.92 Å². The molecule has 1 heterocycles. The maximum absolute atomic E-state index is 12.8. The Hall–Kier alpha value is -3.86. The fraction of sp³-hybridized carbons (Fsp3) is 0.120. The minimum absolute atomic E-state index is 0.181. The van der Waals surface area contributed by atoms with E-state index in [1.165, 1.54) is 7.11 Å². The Kier molecular flexibility index (Phi) is 5.35. The van der Waals surface area contributed by atoms with Crippen LogP contribution in [0.25, 0.3) is 6.08 Å². The first-order valence-corrected chi connectivity index (χ1v) is 9.50. The van der Waals surface area contributed by atoms with Crippen LogP contribution < -0.4 is 9.47 Å². The van der Waals surface area contributed by atoms with Crippen molar-refractivity contribution in [2.75, 3.05) is 7.11 Å². The van der Waals surface area contributed by atoms with Gasteiger partial charge in [-0.3, -0.25) is 4.79 Å². The molecule has 0 unspecified atom stereocenters. The van der Waals surface area contributed by atoms with Crippen molar-refractivity contribution in [3.05, 3.63) is 100 Å². The van der Waals surface area contributed by atoms with Gasteiger partial charge in [0.15, 0.2) is 5.76 Å². The van der Waals surface area contributed by atoms with Crippen LogP contribution in [-0.4, -0.2) is 18.9 Å². The monoisotopic (exact) mass is 400 g/mol. The zero-order valence-electron chi connectivity index (χ0n) is 16.7. The van der Waals surface area contributed by atoms with E-state index in [0.29, 0.717) is 29.2 Å². The summed E-state index contributed by atoms with van der Waals surface area (Å²) in [5.41, 5.74) is 3.54. The smallest absolute Gasteiger partial charge is 0.337 e. The van der Waals surface area contributed by atoms with Gasteiger partial charge in [-0.05, 0) is 48.4 Å². The predicted octanol–water partition coefficient (Wildman–Crippen LogP) is 4.98. The van der Waals surface area contributed by atoms with Crippen LogP contribution >= 0.6 is 0 Å². The lowest BCUT2D eigenvalue weighted by Crippen LogP contribution is -2.01. The van der Waals surface area contributed by atoms with Gasteiger partial charge in [0.05, 0.1) is 18.2 Å². The summed E-state index contributed by atoms with van der Waals surface area (Å²) in [6.07, 6.45) is 1.66. The van der Waals surface area contributed by atoms with Crippen molar-refractivity contribution < 1.29 is 23.8 Å². The predicted molar refractivity (Wildman–Crippen MR) is 113 cm³/mol. The van der Waals surface area contributed by atoms with Gasteiger partial charge in [-0.2, -0.15) is 0 Å². The maximum Gasteiger partial charge on any atom is 0.337 e. The van der Waals surface area contributed by atoms with E-state index in [1.54, 1.807) is 42.5 Å². The molecular weight excluding hydrogens is 380 g/mol. The zero-order valence-corrected chi connectivity index (χ0v) is 16.7. The molecule has 0 aromatic heterocycles. The van der Waals surface area contributed by atoms with Crippen LogP contribution in [0.2, 0.25) is 0 Å². The molecule has 0 aliphatic carbocycles. The van der Waals surface area contributed by atoms with Crippen molar-refractivity contribution >= 4 is 17.8 Å². The molecule has 0 radical (unpaired) electrons. The molecular formula is C25H20O5. The highest BCUT2D eigenvalue weighted by Gasteiger charge is 2.30. The average Bonchev–Trinajstić information content (AvgIpc) is 3.10. The number of esters is 1. The number of ether oxygens (including phenoxy) is 3. The summed E-state index contributed by atoms with van der Waals surface area (Å²) < 4.78 is 16.5. The first kappa shape index (κ1) is 19.5. The van der Waals surface area contributed by atoms with E-state index in [1.807, 2.05) is 37.3 Å². The van der Waals surface area contributed by atoms with Gasteiger partial charge >= 0.3 is 5.97 Å². The molecule has 150 valence electrons. The Morgan fingerprint density at radius 2 is 1.73 bits per heavy atom. The summed E-state index contributed by atoms with van der Waals surface area (Å²) in [5.74, 6) is 0.837. The minimum atomic E-state index is -0.409. The highest BCUT2D eigenvalue weighted by atomic mass is 16.5. The number of fused-ring (bicyclic) bond motifs is 1. The quantitative estimate of drug-likeness (QED) is 0.447. The number of hydrogen-bond donors (Lipinski definition) is 0. The van der Waals surface area contributed by atoms with E-state index in [0.717, 1.165) is 16.7 Å². The third-order valence-electron chi connectivity index (χ3n) is 4.90. The van der Waals surface area contributed by atoms with Crippen molar-refractivity contribution in [3.63, 3.8) is 0 Å². The van der Waals surface area contributed by atoms with Gasteiger partial charge in [0, 0.05) is 5.56 Å². The van der Waals surface area contributed by atoms with Gasteiger partial charge in [-0.1, -0.05) is 42.5 Å². The first-order chi connectivity index (χ1) is 14.6. The second kappa shape index (κ2) is 8.25. The molecule has 5 nitrogen and oxygen atoms in total. The molecule has 1 aliphatic heterocycles. The number of ketones is 1. The molecule has 4 rings (SSSR count). The molecule has 0 saturated carbocycles. The molecule has 0 amide bonds. The van der Waals surface area contributed by atoms with Gasteiger partial charge in [-0.25, -0.2) is 4.79 Å². The molecule has 3 aromatic rings. The summed E-state index contributed by atoms with van der Waals surface area (Å²) in [5, 5.41) is 0. The number of carbonyl (C=O) groups excluding carboxylic acids is 2. The number of carbonyl (C=O) groups is 2. The van der Waals surface area contributed by atoms with Crippen LogP contribution in [-0.2, 0) is 11.3 Å². The molecule has 0 spiro atoms. The van der Waals surface area contributed by atoms with Crippen molar-refractivity contribution in [2.45, 2.75) is 13.5 Å². The van der Waals surface area contributed by atoms with E-state index in [-0.39, 0.29) is 11.5 Å². The second-order valence-electron chi connectivity index (χ2n) is 6.89. The lowest BCUT2D eigenvalue weighted by molar-refractivity contribution is 0.0600. The van der Waals surface area contributed by atoms with Crippen LogP contribution in [0.4, 0.5) is 0 Å². The number of hydrogen-bond acceptors (Lipinski definition) is 5. The fourth-order valence-corrected chi connectivity index (χ4v) is 3.24. The van der Waals surface area contributed by atoms with Gasteiger partial charge in [-0.15, -0.1) is 0 Å². The Labute approximate surface area is 174 Å². The Morgan fingerprint density at radius 3 is 2.43 bits per heavy atom. The molecule has 0 fully saturated rings. The maximum atomic E-state index is 12.8. The lowest BCUT2D eigenvalue weighted by Gasteiger charge is -2.11. The largest absolute Gasteiger partial charge is 0.488 e. The van der Waals surface area contributed by atoms with Gasteiger partial charge in [0.25, 0.3) is 0 Å². The Balaban J connectivity index is 1.54. The molecule has 5 heteroatoms. The van der Waals surface area contributed by atoms with Crippen molar-refractivity contribution in [2.24, 2.45) is 0 Å². The molecule has 3 aromatic carbocycles.